The monoisotopic (exact) mass is 599 g/mol. The van der Waals surface area contributed by atoms with Gasteiger partial charge in [-0.05, 0) is 12.8 Å². The van der Waals surface area contributed by atoms with Crippen molar-refractivity contribution >= 4 is 17.8 Å². The predicted octanol–water partition coefficient (Wildman–Crippen LogP) is 4.25. The zero-order valence-electron chi connectivity index (χ0n) is 26.3. The number of unbranched alkanes of at least 4 members (excludes halogenated alkanes) is 11. The van der Waals surface area contributed by atoms with Crippen LogP contribution < -0.4 is 15.4 Å². The van der Waals surface area contributed by atoms with E-state index >= 15 is 0 Å². The molecule has 1 aromatic heterocycles. The van der Waals surface area contributed by atoms with Crippen LogP contribution in [-0.2, 0) is 25.7 Å². The Balaban J connectivity index is 0.00000108. The van der Waals surface area contributed by atoms with Crippen molar-refractivity contribution in [3.63, 3.8) is 0 Å². The zero-order valence-corrected chi connectivity index (χ0v) is 26.3. The second-order valence-corrected chi connectivity index (χ2v) is 10.5. The molecule has 1 atom stereocenters. The summed E-state index contributed by atoms with van der Waals surface area (Å²) in [4.78, 5) is 33.7. The summed E-state index contributed by atoms with van der Waals surface area (Å²) in [7, 11) is 1.49. The first-order valence-electron chi connectivity index (χ1n) is 15.8. The van der Waals surface area contributed by atoms with Gasteiger partial charge in [0.25, 0.3) is 5.88 Å². The number of carboxylic acids is 1. The van der Waals surface area contributed by atoms with E-state index in [2.05, 4.69) is 34.8 Å². The van der Waals surface area contributed by atoms with Crippen molar-refractivity contribution in [2.75, 3.05) is 33.5 Å². The highest BCUT2D eigenvalue weighted by molar-refractivity contribution is 5.79. The summed E-state index contributed by atoms with van der Waals surface area (Å²) in [6.07, 6.45) is 18.0. The number of nitrogens with zero attached hydrogens (tertiary/aromatic N) is 3. The maximum absolute atomic E-state index is 11.8. The van der Waals surface area contributed by atoms with Gasteiger partial charge in [0, 0.05) is 33.0 Å². The number of ether oxygens (including phenoxy) is 2. The Morgan fingerprint density at radius 2 is 1.50 bits per heavy atom. The lowest BCUT2D eigenvalue weighted by Gasteiger charge is -2.15. The minimum absolute atomic E-state index is 0.124. The molecule has 244 valence electrons. The SMILES string of the molecule is CCCCCCCCCCC(=O)O.CCCCCCCn1cc(OCCC(=O)NCCC(=O)NC(CO)COC)nn1. The smallest absolute Gasteiger partial charge is 0.303 e. The van der Waals surface area contributed by atoms with E-state index in [9.17, 15) is 14.4 Å². The van der Waals surface area contributed by atoms with Crippen LogP contribution in [0.25, 0.3) is 0 Å². The molecular weight excluding hydrogens is 542 g/mol. The van der Waals surface area contributed by atoms with Crippen molar-refractivity contribution in [1.29, 1.82) is 0 Å². The van der Waals surface area contributed by atoms with Gasteiger partial charge < -0.3 is 30.3 Å². The van der Waals surface area contributed by atoms with Crippen molar-refractivity contribution in [3.8, 4) is 5.88 Å². The average Bonchev–Trinajstić information content (AvgIpc) is 3.41. The standard InChI is InChI=1S/C19H35N5O5.C11H22O2/c1-3-4-5-6-7-11-24-13-19(22-23-24)29-12-9-17(26)20-10-8-18(27)21-16(14-25)15-28-2;1-2-3-4-5-6-7-8-9-10-11(12)13/h13,16,25H,3-12,14-15H2,1-2H3,(H,20,26)(H,21,27);2-10H2,1H3,(H,12,13). The summed E-state index contributed by atoms with van der Waals surface area (Å²) in [5.74, 6) is -0.731. The molecule has 4 N–H and O–H groups in total. The molecule has 0 saturated heterocycles. The fraction of sp³-hybridized carbons (Fsp3) is 0.833. The van der Waals surface area contributed by atoms with Crippen LogP contribution in [0.1, 0.15) is 117 Å². The summed E-state index contributed by atoms with van der Waals surface area (Å²) < 4.78 is 12.1. The maximum atomic E-state index is 11.8. The van der Waals surface area contributed by atoms with E-state index in [4.69, 9.17) is 19.7 Å². The Hall–Kier alpha value is -2.73. The molecule has 0 saturated carbocycles. The first-order valence-corrected chi connectivity index (χ1v) is 15.8. The largest absolute Gasteiger partial charge is 0.481 e. The number of hydrogen-bond acceptors (Lipinski definition) is 8. The van der Waals surface area contributed by atoms with Crippen LogP contribution >= 0.6 is 0 Å². The fourth-order valence-electron chi connectivity index (χ4n) is 4.04. The van der Waals surface area contributed by atoms with Gasteiger partial charge >= 0.3 is 5.97 Å². The van der Waals surface area contributed by atoms with Gasteiger partial charge in [-0.3, -0.25) is 14.4 Å². The third-order valence-corrected chi connectivity index (χ3v) is 6.46. The molecule has 42 heavy (non-hydrogen) atoms. The number of rotatable bonds is 26. The van der Waals surface area contributed by atoms with Gasteiger partial charge in [-0.1, -0.05) is 94.8 Å². The summed E-state index contributed by atoms with van der Waals surface area (Å²) in [6.45, 7) is 5.65. The number of carbonyl (C=O) groups is 3. The molecule has 2 amide bonds. The molecule has 1 unspecified atom stereocenters. The number of aryl methyl sites for hydroxylation is 1. The van der Waals surface area contributed by atoms with Crippen LogP contribution in [0.3, 0.4) is 0 Å². The van der Waals surface area contributed by atoms with Gasteiger partial charge in [0.2, 0.25) is 11.8 Å². The first-order chi connectivity index (χ1) is 20.4. The van der Waals surface area contributed by atoms with Crippen LogP contribution in [0.4, 0.5) is 0 Å². The lowest BCUT2D eigenvalue weighted by Crippen LogP contribution is -2.41. The lowest BCUT2D eigenvalue weighted by molar-refractivity contribution is -0.137. The third kappa shape index (κ3) is 25.0. The topological polar surface area (TPSA) is 165 Å². The Morgan fingerprint density at radius 3 is 2.10 bits per heavy atom. The molecule has 1 heterocycles. The van der Waals surface area contributed by atoms with E-state index in [-0.39, 0.29) is 51.0 Å². The highest BCUT2D eigenvalue weighted by Gasteiger charge is 2.11. The number of nitrogens with one attached hydrogen (secondary N) is 2. The molecule has 0 aliphatic heterocycles. The van der Waals surface area contributed by atoms with E-state index in [1.54, 1.807) is 10.9 Å². The average molecular weight is 600 g/mol. The quantitative estimate of drug-likeness (QED) is 0.114. The van der Waals surface area contributed by atoms with Crippen molar-refractivity contribution in [1.82, 2.24) is 25.6 Å². The molecule has 1 aromatic rings. The van der Waals surface area contributed by atoms with Gasteiger partial charge in [0.15, 0.2) is 0 Å². The first kappa shape index (κ1) is 39.3. The van der Waals surface area contributed by atoms with Crippen molar-refractivity contribution in [2.24, 2.45) is 0 Å². The molecule has 12 nitrogen and oxygen atoms in total. The predicted molar refractivity (Wildman–Crippen MR) is 162 cm³/mol. The normalized spacial score (nSPS) is 11.3. The van der Waals surface area contributed by atoms with Crippen LogP contribution in [-0.4, -0.2) is 82.5 Å². The number of carbonyl (C=O) groups excluding carboxylic acids is 2. The number of hydrogen-bond donors (Lipinski definition) is 4. The minimum Gasteiger partial charge on any atom is -0.481 e. The van der Waals surface area contributed by atoms with Gasteiger partial charge in [0.05, 0.1) is 38.5 Å². The van der Waals surface area contributed by atoms with Gasteiger partial charge in [-0.25, -0.2) is 4.68 Å². The molecule has 0 bridgehead atoms. The van der Waals surface area contributed by atoms with E-state index in [0.717, 1.165) is 25.8 Å². The van der Waals surface area contributed by atoms with E-state index in [1.165, 1.54) is 71.3 Å². The summed E-state index contributed by atoms with van der Waals surface area (Å²) in [5.41, 5.74) is 0. The van der Waals surface area contributed by atoms with E-state index in [1.807, 2.05) is 0 Å². The van der Waals surface area contributed by atoms with Crippen LogP contribution in [0, 0.1) is 0 Å². The molecule has 1 rings (SSSR count). The minimum atomic E-state index is -0.661. The molecule has 12 heteroatoms. The Morgan fingerprint density at radius 1 is 0.881 bits per heavy atom. The highest BCUT2D eigenvalue weighted by atomic mass is 16.5. The summed E-state index contributed by atoms with van der Waals surface area (Å²) in [6, 6.07) is -0.443. The van der Waals surface area contributed by atoms with E-state index in [0.29, 0.717) is 12.3 Å². The molecule has 0 spiro atoms. The zero-order chi connectivity index (χ0) is 31.3. The fourth-order valence-corrected chi connectivity index (χ4v) is 4.04. The number of aliphatic carboxylic acids is 1. The van der Waals surface area contributed by atoms with Gasteiger partial charge in [-0.2, -0.15) is 0 Å². The Labute approximate surface area is 252 Å². The number of aromatic nitrogens is 3. The van der Waals surface area contributed by atoms with Crippen LogP contribution in [0.2, 0.25) is 0 Å². The Bertz CT molecular complexity index is 807. The number of carboxylic acid groups (broad SMARTS) is 1. The molecule has 0 aliphatic carbocycles. The highest BCUT2D eigenvalue weighted by Crippen LogP contribution is 2.09. The molecule has 0 radical (unpaired) electrons. The third-order valence-electron chi connectivity index (χ3n) is 6.46. The maximum Gasteiger partial charge on any atom is 0.303 e. The van der Waals surface area contributed by atoms with Crippen molar-refractivity contribution in [3.05, 3.63) is 6.20 Å². The summed E-state index contributed by atoms with van der Waals surface area (Å²) in [5, 5.41) is 30.7. The van der Waals surface area contributed by atoms with Crippen molar-refractivity contribution in [2.45, 2.75) is 129 Å². The summed E-state index contributed by atoms with van der Waals surface area (Å²) >= 11 is 0. The van der Waals surface area contributed by atoms with Gasteiger partial charge in [0.1, 0.15) is 0 Å². The second-order valence-electron chi connectivity index (χ2n) is 10.5. The molecule has 0 aromatic carbocycles. The van der Waals surface area contributed by atoms with Crippen LogP contribution in [0.15, 0.2) is 6.20 Å². The number of amides is 2. The van der Waals surface area contributed by atoms with Crippen LogP contribution in [0.5, 0.6) is 5.88 Å². The molecular formula is C30H57N5O7. The number of methoxy groups -OCH3 is 1. The number of aliphatic hydroxyl groups excluding tert-OH is 1. The molecule has 0 fully saturated rings. The Kier molecular flexibility index (Phi) is 26.5. The molecule has 0 aliphatic rings. The lowest BCUT2D eigenvalue weighted by atomic mass is 10.1. The van der Waals surface area contributed by atoms with E-state index < -0.39 is 12.0 Å². The second kappa shape index (κ2) is 28.4. The van der Waals surface area contributed by atoms with Crippen molar-refractivity contribution < 1.29 is 34.1 Å². The van der Waals surface area contributed by atoms with Gasteiger partial charge in [-0.15, -0.1) is 0 Å². The number of aliphatic hydroxyl groups is 1.